The molecule has 3 heteroatoms. The lowest BCUT2D eigenvalue weighted by atomic mass is 10.2. The molecule has 0 saturated carbocycles. The maximum Gasteiger partial charge on any atom is 0.191 e. The smallest absolute Gasteiger partial charge is 0.191 e. The van der Waals surface area contributed by atoms with Crippen LogP contribution >= 0.6 is 0 Å². The van der Waals surface area contributed by atoms with Gasteiger partial charge in [0.2, 0.25) is 0 Å². The maximum atomic E-state index is 9.33. The van der Waals surface area contributed by atoms with Crippen molar-refractivity contribution in [1.29, 1.82) is 0 Å². The first-order valence-electron chi connectivity index (χ1n) is 6.19. The van der Waals surface area contributed by atoms with E-state index in [1.54, 1.807) is 0 Å². The predicted octanol–water partition coefficient (Wildman–Crippen LogP) is 3.73. The quantitative estimate of drug-likeness (QED) is 0.438. The highest BCUT2D eigenvalue weighted by molar-refractivity contribution is 6.74. The van der Waals surface area contributed by atoms with Gasteiger partial charge in [-0.15, -0.1) is 0 Å². The van der Waals surface area contributed by atoms with Gasteiger partial charge in [0.15, 0.2) is 8.32 Å². The van der Waals surface area contributed by atoms with Gasteiger partial charge < -0.3 is 9.53 Å². The zero-order valence-electron chi connectivity index (χ0n) is 11.7. The van der Waals surface area contributed by atoms with Crippen LogP contribution in [0.5, 0.6) is 0 Å². The molecule has 0 aromatic heterocycles. The Kier molecular flexibility index (Phi) is 6.52. The van der Waals surface area contributed by atoms with Crippen LogP contribution in [0.15, 0.2) is 12.2 Å². The highest BCUT2D eigenvalue weighted by Gasteiger charge is 2.36. The molecular weight excluding hydrogens is 216 g/mol. The van der Waals surface area contributed by atoms with Crippen LogP contribution in [0.2, 0.25) is 18.1 Å². The summed E-state index contributed by atoms with van der Waals surface area (Å²) < 4.78 is 6.02. The van der Waals surface area contributed by atoms with Crippen molar-refractivity contribution in [1.82, 2.24) is 0 Å². The summed E-state index contributed by atoms with van der Waals surface area (Å²) >= 11 is 0. The molecule has 0 fully saturated rings. The number of hydrogen-bond donors (Lipinski definition) is 1. The highest BCUT2D eigenvalue weighted by Crippen LogP contribution is 2.36. The predicted molar refractivity (Wildman–Crippen MR) is 73.2 cm³/mol. The average molecular weight is 244 g/mol. The van der Waals surface area contributed by atoms with Crippen LogP contribution in [0, 0.1) is 0 Å². The van der Waals surface area contributed by atoms with Gasteiger partial charge in [0.1, 0.15) is 0 Å². The second-order valence-electron chi connectivity index (χ2n) is 5.80. The first-order chi connectivity index (χ1) is 7.20. The van der Waals surface area contributed by atoms with E-state index in [1.807, 2.05) is 19.1 Å². The van der Waals surface area contributed by atoms with Crippen molar-refractivity contribution in [3.05, 3.63) is 12.2 Å². The van der Waals surface area contributed by atoms with Crippen molar-refractivity contribution in [3.8, 4) is 0 Å². The second kappa shape index (κ2) is 6.57. The minimum atomic E-state index is -1.59. The van der Waals surface area contributed by atoms with E-state index in [0.717, 1.165) is 19.4 Å². The monoisotopic (exact) mass is 244 g/mol. The molecule has 0 bridgehead atoms. The fraction of sp³-hybridized carbons (Fsp3) is 0.846. The molecule has 0 radical (unpaired) electrons. The summed E-state index contributed by atoms with van der Waals surface area (Å²) in [7, 11) is -1.59. The molecule has 1 N–H and O–H groups in total. The summed E-state index contributed by atoms with van der Waals surface area (Å²) in [5.74, 6) is 0. The normalized spacial score (nSPS) is 15.7. The van der Waals surface area contributed by atoms with Gasteiger partial charge in [-0.25, -0.2) is 0 Å². The molecule has 0 aliphatic carbocycles. The van der Waals surface area contributed by atoms with Crippen LogP contribution in [0.3, 0.4) is 0 Å². The van der Waals surface area contributed by atoms with Gasteiger partial charge in [-0.1, -0.05) is 39.8 Å². The SMILES string of the molecule is CCC(O)/C=C/CCO[Si](C)(C)C(C)(C)C. The Hall–Kier alpha value is -0.123. The van der Waals surface area contributed by atoms with E-state index in [0.29, 0.717) is 0 Å². The Balaban J connectivity index is 3.87. The first kappa shape index (κ1) is 15.9. The Bertz CT molecular complexity index is 216. The minimum absolute atomic E-state index is 0.277. The zero-order chi connectivity index (χ0) is 12.8. The lowest BCUT2D eigenvalue weighted by Crippen LogP contribution is -2.40. The molecule has 1 atom stereocenters. The third-order valence-electron chi connectivity index (χ3n) is 3.33. The molecule has 0 aliphatic heterocycles. The maximum absolute atomic E-state index is 9.33. The topological polar surface area (TPSA) is 29.5 Å². The average Bonchev–Trinajstić information content (AvgIpc) is 2.15. The van der Waals surface area contributed by atoms with Crippen LogP contribution in [0.1, 0.15) is 40.5 Å². The van der Waals surface area contributed by atoms with E-state index in [4.69, 9.17) is 4.43 Å². The number of hydrogen-bond acceptors (Lipinski definition) is 2. The molecule has 2 nitrogen and oxygen atoms in total. The minimum Gasteiger partial charge on any atom is -0.417 e. The van der Waals surface area contributed by atoms with Crippen LogP contribution in [-0.4, -0.2) is 26.1 Å². The number of rotatable bonds is 6. The van der Waals surface area contributed by atoms with Gasteiger partial charge >= 0.3 is 0 Å². The summed E-state index contributed by atoms with van der Waals surface area (Å²) in [6, 6.07) is 0. The fourth-order valence-electron chi connectivity index (χ4n) is 0.988. The van der Waals surface area contributed by atoms with Crippen molar-refractivity contribution in [2.45, 2.75) is 64.8 Å². The molecule has 0 amide bonds. The van der Waals surface area contributed by atoms with Gasteiger partial charge in [-0.05, 0) is 31.0 Å². The summed E-state index contributed by atoms with van der Waals surface area (Å²) in [5, 5.41) is 9.60. The van der Waals surface area contributed by atoms with E-state index in [-0.39, 0.29) is 11.1 Å². The zero-order valence-corrected chi connectivity index (χ0v) is 12.7. The van der Waals surface area contributed by atoms with Crippen molar-refractivity contribution < 1.29 is 9.53 Å². The molecule has 0 rings (SSSR count). The van der Waals surface area contributed by atoms with E-state index < -0.39 is 8.32 Å². The Morgan fingerprint density at radius 2 is 1.88 bits per heavy atom. The van der Waals surface area contributed by atoms with E-state index >= 15 is 0 Å². The van der Waals surface area contributed by atoms with Crippen molar-refractivity contribution >= 4 is 8.32 Å². The van der Waals surface area contributed by atoms with Crippen LogP contribution in [0.25, 0.3) is 0 Å². The highest BCUT2D eigenvalue weighted by atomic mass is 28.4. The fourth-order valence-corrected chi connectivity index (χ4v) is 2.05. The molecule has 16 heavy (non-hydrogen) atoms. The standard InChI is InChI=1S/C13H28O2Si/c1-7-12(14)10-8-9-11-15-16(5,6)13(2,3)4/h8,10,12,14H,7,9,11H2,1-6H3/b10-8+. The lowest BCUT2D eigenvalue weighted by Gasteiger charge is -2.36. The van der Waals surface area contributed by atoms with Crippen LogP contribution in [-0.2, 0) is 4.43 Å². The molecule has 96 valence electrons. The molecule has 1 unspecified atom stereocenters. The third-order valence-corrected chi connectivity index (χ3v) is 7.87. The van der Waals surface area contributed by atoms with E-state index in [9.17, 15) is 5.11 Å². The number of aliphatic hydroxyl groups is 1. The van der Waals surface area contributed by atoms with Gasteiger partial charge in [-0.3, -0.25) is 0 Å². The van der Waals surface area contributed by atoms with E-state index in [2.05, 4.69) is 33.9 Å². The summed E-state index contributed by atoms with van der Waals surface area (Å²) in [5.41, 5.74) is 0. The lowest BCUT2D eigenvalue weighted by molar-refractivity contribution is 0.218. The number of aliphatic hydroxyl groups excluding tert-OH is 1. The van der Waals surface area contributed by atoms with Gasteiger partial charge in [0.25, 0.3) is 0 Å². The molecule has 0 spiro atoms. The Labute approximate surface area is 102 Å². The van der Waals surface area contributed by atoms with Gasteiger partial charge in [-0.2, -0.15) is 0 Å². The Morgan fingerprint density at radius 3 is 2.31 bits per heavy atom. The molecular formula is C13H28O2Si. The second-order valence-corrected chi connectivity index (χ2v) is 10.6. The van der Waals surface area contributed by atoms with Crippen molar-refractivity contribution in [2.24, 2.45) is 0 Å². The van der Waals surface area contributed by atoms with Crippen molar-refractivity contribution in [2.75, 3.05) is 6.61 Å². The Morgan fingerprint density at radius 1 is 1.31 bits per heavy atom. The van der Waals surface area contributed by atoms with E-state index in [1.165, 1.54) is 0 Å². The largest absolute Gasteiger partial charge is 0.417 e. The van der Waals surface area contributed by atoms with Gasteiger partial charge in [0, 0.05) is 6.61 Å². The molecule has 0 aromatic carbocycles. The van der Waals surface area contributed by atoms with Crippen molar-refractivity contribution in [3.63, 3.8) is 0 Å². The molecule has 0 heterocycles. The molecule has 0 aromatic rings. The van der Waals surface area contributed by atoms with Crippen LogP contribution < -0.4 is 0 Å². The molecule has 0 saturated heterocycles. The summed E-state index contributed by atoms with van der Waals surface area (Å²) in [4.78, 5) is 0. The van der Waals surface area contributed by atoms with Crippen LogP contribution in [0.4, 0.5) is 0 Å². The third kappa shape index (κ3) is 5.82. The molecule has 0 aliphatic rings. The first-order valence-corrected chi connectivity index (χ1v) is 9.10. The summed E-state index contributed by atoms with van der Waals surface area (Å²) in [6.07, 6.45) is 5.24. The summed E-state index contributed by atoms with van der Waals surface area (Å²) in [6.45, 7) is 14.0. The van der Waals surface area contributed by atoms with Gasteiger partial charge in [0.05, 0.1) is 6.10 Å².